The van der Waals surface area contributed by atoms with Gasteiger partial charge in [0, 0.05) is 6.26 Å². The monoisotopic (exact) mass is 378 g/mol. The number of thioether (sulfide) groups is 1. The lowest BCUT2D eigenvalue weighted by molar-refractivity contribution is -0.167. The van der Waals surface area contributed by atoms with Crippen molar-refractivity contribution in [3.8, 4) is 0 Å². The van der Waals surface area contributed by atoms with Crippen molar-refractivity contribution in [2.75, 3.05) is 23.5 Å². The molecule has 0 aliphatic heterocycles. The molecule has 2 amide bonds. The molecule has 0 spiro atoms. The zero-order chi connectivity index (χ0) is 18.3. The lowest BCUT2D eigenvalue weighted by atomic mass is 10.2. The first-order valence-corrected chi connectivity index (χ1v) is 9.49. The zero-order valence-electron chi connectivity index (χ0n) is 12.2. The fraction of sp³-hybridized carbons (Fsp3) is 0.727. The average Bonchev–Trinajstić information content (AvgIpc) is 2.33. The Morgan fingerprint density at radius 2 is 1.83 bits per heavy atom. The maximum absolute atomic E-state index is 11.9. The SMILES string of the molecule is CS(=O)(=O)CC(=O)NC(=O)[C@@H](N)CCCSCC(=O)C(F)(F)F. The summed E-state index contributed by atoms with van der Waals surface area (Å²) < 4.78 is 57.5. The number of sulfone groups is 1. The number of alkyl halides is 3. The predicted molar refractivity (Wildman–Crippen MR) is 78.5 cm³/mol. The molecule has 0 bridgehead atoms. The van der Waals surface area contributed by atoms with Crippen LogP contribution in [0.2, 0.25) is 0 Å². The molecule has 0 radical (unpaired) electrons. The van der Waals surface area contributed by atoms with Crippen molar-refractivity contribution in [1.82, 2.24) is 5.32 Å². The number of hydrogen-bond acceptors (Lipinski definition) is 7. The number of carbonyl (C=O) groups excluding carboxylic acids is 3. The molecule has 0 aliphatic carbocycles. The second-order valence-electron chi connectivity index (χ2n) is 4.70. The molecule has 0 saturated carbocycles. The molecule has 7 nitrogen and oxygen atoms in total. The van der Waals surface area contributed by atoms with Gasteiger partial charge in [0.2, 0.25) is 17.6 Å². The molecule has 3 N–H and O–H groups in total. The van der Waals surface area contributed by atoms with Gasteiger partial charge in [-0.1, -0.05) is 0 Å². The molecule has 0 aromatic carbocycles. The van der Waals surface area contributed by atoms with Crippen LogP contribution in [0.4, 0.5) is 13.2 Å². The van der Waals surface area contributed by atoms with E-state index in [0.717, 1.165) is 18.0 Å². The van der Waals surface area contributed by atoms with Gasteiger partial charge in [0.15, 0.2) is 9.84 Å². The van der Waals surface area contributed by atoms with Crippen LogP contribution in [0.15, 0.2) is 0 Å². The van der Waals surface area contributed by atoms with Gasteiger partial charge in [0.1, 0.15) is 5.75 Å². The Hall–Kier alpha value is -1.14. The van der Waals surface area contributed by atoms with E-state index in [0.29, 0.717) is 0 Å². The number of nitrogens with two attached hydrogens (primary N) is 1. The Kier molecular flexibility index (Phi) is 8.77. The summed E-state index contributed by atoms with van der Waals surface area (Å²) in [4.78, 5) is 33.3. The highest BCUT2D eigenvalue weighted by atomic mass is 32.2. The van der Waals surface area contributed by atoms with Crippen molar-refractivity contribution in [3.63, 3.8) is 0 Å². The van der Waals surface area contributed by atoms with Gasteiger partial charge < -0.3 is 5.73 Å². The third-order valence-corrected chi connectivity index (χ3v) is 4.18. The van der Waals surface area contributed by atoms with Crippen molar-refractivity contribution in [2.24, 2.45) is 5.73 Å². The lowest BCUT2D eigenvalue weighted by Crippen LogP contribution is -2.45. The van der Waals surface area contributed by atoms with Crippen molar-refractivity contribution >= 4 is 39.2 Å². The van der Waals surface area contributed by atoms with E-state index in [-0.39, 0.29) is 18.6 Å². The molecular formula is C11H17F3N2O5S2. The van der Waals surface area contributed by atoms with Crippen LogP contribution >= 0.6 is 11.8 Å². The summed E-state index contributed by atoms with van der Waals surface area (Å²) >= 11 is 0.761. The summed E-state index contributed by atoms with van der Waals surface area (Å²) in [5.74, 6) is -5.08. The molecule has 0 aromatic heterocycles. The summed E-state index contributed by atoms with van der Waals surface area (Å²) in [6.45, 7) is 0. The normalized spacial score (nSPS) is 13.4. The highest BCUT2D eigenvalue weighted by Gasteiger charge is 2.37. The lowest BCUT2D eigenvalue weighted by Gasteiger charge is -2.11. The molecule has 12 heteroatoms. The van der Waals surface area contributed by atoms with Gasteiger partial charge in [-0.25, -0.2) is 8.42 Å². The molecule has 0 saturated heterocycles. The first-order chi connectivity index (χ1) is 10.3. The zero-order valence-corrected chi connectivity index (χ0v) is 13.8. The smallest absolute Gasteiger partial charge is 0.320 e. The van der Waals surface area contributed by atoms with Crippen molar-refractivity contribution in [3.05, 3.63) is 0 Å². The number of Topliss-reactive ketones (excluding diaryl/α,β-unsaturated/α-hetero) is 1. The number of amides is 2. The summed E-state index contributed by atoms with van der Waals surface area (Å²) in [5, 5.41) is 1.82. The summed E-state index contributed by atoms with van der Waals surface area (Å²) in [6.07, 6.45) is -3.70. The quantitative estimate of drug-likeness (QED) is 0.526. The standard InChI is InChI=1S/C11H17F3N2O5S2/c1-23(20,21)6-9(18)16-10(19)7(15)3-2-4-22-5-8(17)11(12,13)14/h7H,2-6,15H2,1H3,(H,16,18,19)/t7-/m0/s1. The second-order valence-corrected chi connectivity index (χ2v) is 7.95. The maximum atomic E-state index is 11.9. The van der Waals surface area contributed by atoms with Gasteiger partial charge in [-0.05, 0) is 18.6 Å². The number of nitrogens with one attached hydrogen (secondary N) is 1. The van der Waals surface area contributed by atoms with Crippen molar-refractivity contribution in [1.29, 1.82) is 0 Å². The highest BCUT2D eigenvalue weighted by molar-refractivity contribution is 7.99. The van der Waals surface area contributed by atoms with E-state index in [9.17, 15) is 36.0 Å². The Labute approximate surface area is 135 Å². The Morgan fingerprint density at radius 3 is 2.30 bits per heavy atom. The van der Waals surface area contributed by atoms with Gasteiger partial charge in [-0.2, -0.15) is 24.9 Å². The molecule has 134 valence electrons. The molecule has 23 heavy (non-hydrogen) atoms. The Balaban J connectivity index is 3.98. The topological polar surface area (TPSA) is 123 Å². The molecule has 1 atom stereocenters. The third-order valence-electron chi connectivity index (χ3n) is 2.35. The second kappa shape index (κ2) is 9.23. The number of rotatable bonds is 9. The van der Waals surface area contributed by atoms with E-state index >= 15 is 0 Å². The fourth-order valence-corrected chi connectivity index (χ4v) is 2.70. The number of imide groups is 1. The van der Waals surface area contributed by atoms with Crippen LogP contribution in [0, 0.1) is 0 Å². The Bertz CT molecular complexity index is 548. The number of carbonyl (C=O) groups is 3. The molecular weight excluding hydrogens is 361 g/mol. The molecule has 0 aromatic rings. The van der Waals surface area contributed by atoms with Gasteiger partial charge in [-0.15, -0.1) is 0 Å². The molecule has 0 rings (SSSR count). The molecule has 0 aliphatic rings. The summed E-state index contributed by atoms with van der Waals surface area (Å²) in [5.41, 5.74) is 5.47. The highest BCUT2D eigenvalue weighted by Crippen LogP contribution is 2.19. The van der Waals surface area contributed by atoms with Crippen LogP contribution in [-0.4, -0.2) is 61.7 Å². The number of ketones is 1. The van der Waals surface area contributed by atoms with E-state index in [1.54, 1.807) is 0 Å². The van der Waals surface area contributed by atoms with Crippen LogP contribution < -0.4 is 11.1 Å². The minimum absolute atomic E-state index is 0.0746. The van der Waals surface area contributed by atoms with Crippen LogP contribution in [0.25, 0.3) is 0 Å². The summed E-state index contributed by atoms with van der Waals surface area (Å²) in [7, 11) is -3.57. The largest absolute Gasteiger partial charge is 0.450 e. The van der Waals surface area contributed by atoms with Crippen molar-refractivity contribution < 1.29 is 36.0 Å². The van der Waals surface area contributed by atoms with Gasteiger partial charge in [0.05, 0.1) is 11.8 Å². The van der Waals surface area contributed by atoms with E-state index in [1.807, 2.05) is 5.32 Å². The predicted octanol–water partition coefficient (Wildman–Crippen LogP) is -0.354. The van der Waals surface area contributed by atoms with E-state index in [4.69, 9.17) is 5.73 Å². The van der Waals surface area contributed by atoms with Gasteiger partial charge >= 0.3 is 6.18 Å². The molecule has 0 fully saturated rings. The first kappa shape index (κ1) is 21.9. The number of halogens is 3. The van der Waals surface area contributed by atoms with E-state index in [2.05, 4.69) is 0 Å². The maximum Gasteiger partial charge on any atom is 0.450 e. The fourth-order valence-electron chi connectivity index (χ4n) is 1.29. The van der Waals surface area contributed by atoms with Crippen molar-refractivity contribution in [2.45, 2.75) is 25.1 Å². The Morgan fingerprint density at radius 1 is 1.26 bits per heavy atom. The molecule has 0 heterocycles. The minimum atomic E-state index is -4.86. The van der Waals surface area contributed by atoms with Crippen LogP contribution in [0.1, 0.15) is 12.8 Å². The van der Waals surface area contributed by atoms with Gasteiger partial charge in [-0.3, -0.25) is 19.7 Å². The first-order valence-electron chi connectivity index (χ1n) is 6.27. The average molecular weight is 378 g/mol. The van der Waals surface area contributed by atoms with E-state index < -0.39 is 51.2 Å². The van der Waals surface area contributed by atoms with Crippen LogP contribution in [0.3, 0.4) is 0 Å². The number of hydrogen-bond donors (Lipinski definition) is 2. The third kappa shape index (κ3) is 11.1. The van der Waals surface area contributed by atoms with Gasteiger partial charge in [0.25, 0.3) is 0 Å². The van der Waals surface area contributed by atoms with Crippen LogP contribution in [-0.2, 0) is 24.2 Å². The summed E-state index contributed by atoms with van der Waals surface area (Å²) in [6, 6.07) is -1.10. The van der Waals surface area contributed by atoms with E-state index in [1.165, 1.54) is 0 Å². The minimum Gasteiger partial charge on any atom is -0.320 e. The van der Waals surface area contributed by atoms with Crippen LogP contribution in [0.5, 0.6) is 0 Å². The molecule has 0 unspecified atom stereocenters.